The van der Waals surface area contributed by atoms with Gasteiger partial charge in [0, 0.05) is 33.1 Å². The summed E-state index contributed by atoms with van der Waals surface area (Å²) in [5, 5.41) is 6.92. The van der Waals surface area contributed by atoms with E-state index in [2.05, 4.69) is 39.2 Å². The highest BCUT2D eigenvalue weighted by molar-refractivity contribution is 5.86. The van der Waals surface area contributed by atoms with Crippen LogP contribution in [0.5, 0.6) is 0 Å². The van der Waals surface area contributed by atoms with Crippen LogP contribution >= 0.6 is 0 Å². The number of hydrogen-bond donors (Lipinski definition) is 1. The lowest BCUT2D eigenvalue weighted by Crippen LogP contribution is -2.44. The van der Waals surface area contributed by atoms with Crippen LogP contribution in [0.1, 0.15) is 12.5 Å². The SMILES string of the molecule is CC(=O)Nc1nc2cc(C)c(N3CCN(C)CC3)cn2n1. The van der Waals surface area contributed by atoms with Crippen LogP contribution in [-0.2, 0) is 4.79 Å². The fourth-order valence-corrected chi connectivity index (χ4v) is 2.60. The van der Waals surface area contributed by atoms with Gasteiger partial charge in [0.05, 0.1) is 11.9 Å². The maximum Gasteiger partial charge on any atom is 0.249 e. The lowest BCUT2D eigenvalue weighted by Gasteiger charge is -2.34. The first-order valence-electron chi connectivity index (χ1n) is 7.11. The highest BCUT2D eigenvalue weighted by Gasteiger charge is 2.17. The highest BCUT2D eigenvalue weighted by Crippen LogP contribution is 2.22. The second kappa shape index (κ2) is 5.33. The Morgan fingerprint density at radius 2 is 2.00 bits per heavy atom. The molecule has 1 fully saturated rings. The third-order valence-electron chi connectivity index (χ3n) is 3.78. The summed E-state index contributed by atoms with van der Waals surface area (Å²) in [7, 11) is 2.14. The maximum atomic E-state index is 11.1. The Bertz CT molecular complexity index is 671. The molecule has 2 aromatic rings. The lowest BCUT2D eigenvalue weighted by molar-refractivity contribution is -0.114. The first-order valence-corrected chi connectivity index (χ1v) is 7.11. The molecule has 1 aliphatic heterocycles. The number of piperazine rings is 1. The van der Waals surface area contributed by atoms with Crippen molar-refractivity contribution in [2.24, 2.45) is 0 Å². The van der Waals surface area contributed by atoms with Gasteiger partial charge in [-0.05, 0) is 25.6 Å². The number of nitrogens with one attached hydrogen (secondary N) is 1. The monoisotopic (exact) mass is 288 g/mol. The number of nitrogens with zero attached hydrogens (tertiary/aromatic N) is 5. The van der Waals surface area contributed by atoms with E-state index in [1.165, 1.54) is 18.2 Å². The first-order chi connectivity index (χ1) is 10.0. The van der Waals surface area contributed by atoms with Crippen LogP contribution in [0.4, 0.5) is 11.6 Å². The molecule has 3 heterocycles. The second-order valence-electron chi connectivity index (χ2n) is 5.55. The van der Waals surface area contributed by atoms with Gasteiger partial charge in [0.15, 0.2) is 5.65 Å². The average Bonchev–Trinajstić information content (AvgIpc) is 2.79. The van der Waals surface area contributed by atoms with E-state index in [1.54, 1.807) is 4.52 Å². The molecule has 1 saturated heterocycles. The Hall–Kier alpha value is -2.15. The minimum Gasteiger partial charge on any atom is -0.368 e. The van der Waals surface area contributed by atoms with Gasteiger partial charge in [-0.15, -0.1) is 5.10 Å². The number of fused-ring (bicyclic) bond motifs is 1. The highest BCUT2D eigenvalue weighted by atomic mass is 16.1. The molecule has 1 N–H and O–H groups in total. The van der Waals surface area contributed by atoms with Gasteiger partial charge in [0.2, 0.25) is 11.9 Å². The number of rotatable bonds is 2. The quantitative estimate of drug-likeness (QED) is 0.883. The number of carbonyl (C=O) groups is 1. The van der Waals surface area contributed by atoms with Crippen molar-refractivity contribution in [3.05, 3.63) is 17.8 Å². The minimum absolute atomic E-state index is 0.165. The molecule has 112 valence electrons. The van der Waals surface area contributed by atoms with Gasteiger partial charge >= 0.3 is 0 Å². The van der Waals surface area contributed by atoms with Crippen LogP contribution in [0, 0.1) is 6.92 Å². The van der Waals surface area contributed by atoms with Crippen LogP contribution < -0.4 is 10.2 Å². The van der Waals surface area contributed by atoms with E-state index in [0.717, 1.165) is 31.8 Å². The van der Waals surface area contributed by atoms with E-state index in [-0.39, 0.29) is 5.91 Å². The van der Waals surface area contributed by atoms with Crippen LogP contribution in [-0.4, -0.2) is 58.6 Å². The Kier molecular flexibility index (Phi) is 3.50. The molecular weight excluding hydrogens is 268 g/mol. The van der Waals surface area contributed by atoms with E-state index >= 15 is 0 Å². The van der Waals surface area contributed by atoms with E-state index in [4.69, 9.17) is 0 Å². The van der Waals surface area contributed by atoms with Gasteiger partial charge in [-0.2, -0.15) is 4.98 Å². The van der Waals surface area contributed by atoms with Gasteiger partial charge in [-0.1, -0.05) is 0 Å². The third-order valence-corrected chi connectivity index (χ3v) is 3.78. The fourth-order valence-electron chi connectivity index (χ4n) is 2.60. The molecule has 1 aliphatic rings. The Labute approximate surface area is 123 Å². The summed E-state index contributed by atoms with van der Waals surface area (Å²) in [6.45, 7) is 7.68. The lowest BCUT2D eigenvalue weighted by atomic mass is 10.2. The molecule has 0 atom stereocenters. The largest absolute Gasteiger partial charge is 0.368 e. The van der Waals surface area contributed by atoms with Crippen molar-refractivity contribution < 1.29 is 4.79 Å². The zero-order valence-corrected chi connectivity index (χ0v) is 12.6. The van der Waals surface area contributed by atoms with E-state index in [0.29, 0.717) is 5.95 Å². The van der Waals surface area contributed by atoms with Crippen molar-refractivity contribution in [1.82, 2.24) is 19.5 Å². The predicted molar refractivity (Wildman–Crippen MR) is 81.7 cm³/mol. The van der Waals surface area contributed by atoms with Crippen LogP contribution in [0.2, 0.25) is 0 Å². The van der Waals surface area contributed by atoms with E-state index < -0.39 is 0 Å². The first kappa shape index (κ1) is 13.8. The number of pyridine rings is 1. The smallest absolute Gasteiger partial charge is 0.249 e. The topological polar surface area (TPSA) is 65.8 Å². The minimum atomic E-state index is -0.165. The summed E-state index contributed by atoms with van der Waals surface area (Å²) in [6, 6.07) is 2.01. The Morgan fingerprint density at radius 1 is 1.29 bits per heavy atom. The molecule has 7 nitrogen and oxygen atoms in total. The van der Waals surface area contributed by atoms with Crippen LogP contribution in [0.3, 0.4) is 0 Å². The molecule has 0 saturated carbocycles. The third kappa shape index (κ3) is 2.82. The molecule has 3 rings (SSSR count). The molecule has 1 amide bonds. The van der Waals surface area contributed by atoms with Crippen molar-refractivity contribution in [3.63, 3.8) is 0 Å². The molecule has 0 aromatic carbocycles. The summed E-state index contributed by atoms with van der Waals surface area (Å²) >= 11 is 0. The standard InChI is InChI=1S/C14H20N6O/c1-10-8-13-16-14(15-11(2)21)17-20(13)9-12(10)19-6-4-18(3)5-7-19/h8-9H,4-7H2,1-3H3,(H,15,17,21). The van der Waals surface area contributed by atoms with E-state index in [9.17, 15) is 4.79 Å². The van der Waals surface area contributed by atoms with Gasteiger partial charge in [-0.3, -0.25) is 10.1 Å². The number of aromatic nitrogens is 3. The number of aryl methyl sites for hydroxylation is 1. The predicted octanol–water partition coefficient (Wildman–Crippen LogP) is 0.748. The Morgan fingerprint density at radius 3 is 2.67 bits per heavy atom. The van der Waals surface area contributed by atoms with Crippen molar-refractivity contribution in [2.75, 3.05) is 43.4 Å². The second-order valence-corrected chi connectivity index (χ2v) is 5.55. The van der Waals surface area contributed by atoms with Crippen LogP contribution in [0.25, 0.3) is 5.65 Å². The van der Waals surface area contributed by atoms with Crippen molar-refractivity contribution in [1.29, 1.82) is 0 Å². The van der Waals surface area contributed by atoms with Gasteiger partial charge in [-0.25, -0.2) is 4.52 Å². The maximum absolute atomic E-state index is 11.1. The number of hydrogen-bond acceptors (Lipinski definition) is 5. The van der Waals surface area contributed by atoms with Crippen LogP contribution in [0.15, 0.2) is 12.3 Å². The number of amides is 1. The molecule has 0 unspecified atom stereocenters. The van der Waals surface area contributed by atoms with Crippen molar-refractivity contribution in [3.8, 4) is 0 Å². The van der Waals surface area contributed by atoms with Crippen molar-refractivity contribution in [2.45, 2.75) is 13.8 Å². The summed E-state index contributed by atoms with van der Waals surface area (Å²) in [4.78, 5) is 20.1. The summed E-state index contributed by atoms with van der Waals surface area (Å²) < 4.78 is 1.73. The molecule has 2 aromatic heterocycles. The molecule has 0 bridgehead atoms. The average molecular weight is 288 g/mol. The molecule has 21 heavy (non-hydrogen) atoms. The zero-order chi connectivity index (χ0) is 15.0. The van der Waals surface area contributed by atoms with Gasteiger partial charge in [0.25, 0.3) is 0 Å². The number of likely N-dealkylation sites (N-methyl/N-ethyl adjacent to an activating group) is 1. The molecule has 0 spiro atoms. The molecule has 7 heteroatoms. The normalized spacial score (nSPS) is 16.4. The van der Waals surface area contributed by atoms with E-state index in [1.807, 2.05) is 12.3 Å². The summed E-state index contributed by atoms with van der Waals surface area (Å²) in [5.74, 6) is 0.180. The fraction of sp³-hybridized carbons (Fsp3) is 0.500. The van der Waals surface area contributed by atoms with Gasteiger partial charge in [0.1, 0.15) is 0 Å². The van der Waals surface area contributed by atoms with Gasteiger partial charge < -0.3 is 9.80 Å². The summed E-state index contributed by atoms with van der Waals surface area (Å²) in [6.07, 6.45) is 1.99. The Balaban J connectivity index is 1.92. The zero-order valence-electron chi connectivity index (χ0n) is 12.6. The molecular formula is C14H20N6O. The molecule has 0 aliphatic carbocycles. The number of carbonyl (C=O) groups excluding carboxylic acids is 1. The molecule has 0 radical (unpaired) electrons. The summed E-state index contributed by atoms with van der Waals surface area (Å²) in [5.41, 5.74) is 3.10. The van der Waals surface area contributed by atoms with Crippen molar-refractivity contribution >= 4 is 23.2 Å². The number of anilines is 2.